The van der Waals surface area contributed by atoms with Crippen molar-refractivity contribution in [1.29, 1.82) is 0 Å². The van der Waals surface area contributed by atoms with Crippen LogP contribution in [0.4, 0.5) is 0 Å². The number of fused-ring (bicyclic) bond motifs is 2. The third kappa shape index (κ3) is 2.97. The van der Waals surface area contributed by atoms with E-state index in [0.717, 1.165) is 30.3 Å². The Morgan fingerprint density at radius 2 is 2.07 bits per heavy atom. The lowest BCUT2D eigenvalue weighted by Crippen LogP contribution is -2.41. The number of hydrogen-bond donors (Lipinski definition) is 0. The molecule has 5 nitrogen and oxygen atoms in total. The van der Waals surface area contributed by atoms with Crippen LogP contribution in [-0.4, -0.2) is 28.9 Å². The first kappa shape index (κ1) is 17.6. The number of methoxy groups -OCH3 is 1. The van der Waals surface area contributed by atoms with E-state index < -0.39 is 0 Å². The molecule has 3 aromatic rings. The summed E-state index contributed by atoms with van der Waals surface area (Å²) in [5.41, 5.74) is 2.88. The molecule has 1 aliphatic rings. The predicted octanol–water partition coefficient (Wildman–Crippen LogP) is 4.76. The Balaban J connectivity index is 1.79. The first-order chi connectivity index (χ1) is 13.1. The van der Waals surface area contributed by atoms with Crippen molar-refractivity contribution in [3.05, 3.63) is 59.6 Å². The van der Waals surface area contributed by atoms with Gasteiger partial charge in [0, 0.05) is 12.2 Å². The van der Waals surface area contributed by atoms with Gasteiger partial charge in [0.05, 0.1) is 24.2 Å². The maximum Gasteiger partial charge on any atom is 0.294 e. The lowest BCUT2D eigenvalue weighted by atomic mass is 9.90. The van der Waals surface area contributed by atoms with Crippen LogP contribution in [0.5, 0.6) is 5.75 Å². The van der Waals surface area contributed by atoms with E-state index in [9.17, 15) is 4.79 Å². The van der Waals surface area contributed by atoms with Crippen LogP contribution in [0.1, 0.15) is 54.5 Å². The number of ether oxygens (including phenoxy) is 1. The van der Waals surface area contributed by atoms with Gasteiger partial charge < -0.3 is 14.1 Å². The number of furan rings is 1. The molecule has 27 heavy (non-hydrogen) atoms. The van der Waals surface area contributed by atoms with Gasteiger partial charge in [0.15, 0.2) is 5.75 Å². The van der Waals surface area contributed by atoms with Crippen LogP contribution < -0.4 is 4.74 Å². The number of rotatable bonds is 4. The quantitative estimate of drug-likeness (QED) is 0.669. The number of hydrogen-bond acceptors (Lipinski definition) is 4. The molecule has 4 rings (SSSR count). The Labute approximate surface area is 158 Å². The van der Waals surface area contributed by atoms with Gasteiger partial charge in [-0.15, -0.1) is 0 Å². The highest BCUT2D eigenvalue weighted by Crippen LogP contribution is 2.38. The zero-order valence-corrected chi connectivity index (χ0v) is 15.9. The van der Waals surface area contributed by atoms with Gasteiger partial charge in [-0.2, -0.15) is 0 Å². The second-order valence-corrected chi connectivity index (χ2v) is 7.22. The van der Waals surface area contributed by atoms with E-state index >= 15 is 0 Å². The Bertz CT molecular complexity index is 977. The zero-order chi connectivity index (χ0) is 19.0. The summed E-state index contributed by atoms with van der Waals surface area (Å²) in [5, 5.41) is 0.814. The number of carbonyl (C=O) groups is 1. The van der Waals surface area contributed by atoms with E-state index in [-0.39, 0.29) is 23.8 Å². The first-order valence-electron chi connectivity index (χ1n) is 9.43. The van der Waals surface area contributed by atoms with Crippen molar-refractivity contribution in [3.63, 3.8) is 0 Å². The van der Waals surface area contributed by atoms with Crippen LogP contribution in [-0.2, 0) is 6.42 Å². The molecule has 1 atom stereocenters. The topological polar surface area (TPSA) is 55.6 Å². The summed E-state index contributed by atoms with van der Waals surface area (Å²) in [4.78, 5) is 20.1. The fraction of sp³-hybridized carbons (Fsp3) is 0.364. The molecular weight excluding hydrogens is 340 g/mol. The molecule has 0 saturated heterocycles. The van der Waals surface area contributed by atoms with E-state index in [4.69, 9.17) is 9.15 Å². The minimum absolute atomic E-state index is 0.00775. The highest BCUT2D eigenvalue weighted by molar-refractivity contribution is 6.01. The number of nitrogens with zero attached hydrogens (tertiary/aromatic N) is 2. The van der Waals surface area contributed by atoms with Crippen molar-refractivity contribution in [2.45, 2.75) is 45.2 Å². The molecule has 1 amide bonds. The first-order valence-corrected chi connectivity index (χ1v) is 9.43. The van der Waals surface area contributed by atoms with E-state index in [1.807, 2.05) is 55.3 Å². The summed E-state index contributed by atoms with van der Waals surface area (Å²) in [5.74, 6) is 0.607. The van der Waals surface area contributed by atoms with Gasteiger partial charge in [-0.25, -0.2) is 0 Å². The van der Waals surface area contributed by atoms with Crippen molar-refractivity contribution in [1.82, 2.24) is 9.88 Å². The highest BCUT2D eigenvalue weighted by atomic mass is 16.5. The van der Waals surface area contributed by atoms with Gasteiger partial charge in [-0.1, -0.05) is 18.2 Å². The number of para-hydroxylation sites is 1. The predicted molar refractivity (Wildman–Crippen MR) is 104 cm³/mol. The third-order valence-electron chi connectivity index (χ3n) is 5.24. The average Bonchev–Trinajstić information content (AvgIpc) is 3.06. The summed E-state index contributed by atoms with van der Waals surface area (Å²) in [6.07, 6.45) is 4.75. The molecule has 0 aliphatic heterocycles. The molecule has 0 N–H and O–H groups in total. The van der Waals surface area contributed by atoms with Crippen LogP contribution in [0.15, 0.2) is 47.0 Å². The fourth-order valence-electron chi connectivity index (χ4n) is 4.07. The van der Waals surface area contributed by atoms with Gasteiger partial charge >= 0.3 is 0 Å². The summed E-state index contributed by atoms with van der Waals surface area (Å²) in [6.45, 7) is 4.06. The number of aryl methyl sites for hydroxylation is 1. The second kappa shape index (κ2) is 7.06. The third-order valence-corrected chi connectivity index (χ3v) is 5.24. The van der Waals surface area contributed by atoms with Crippen LogP contribution >= 0.6 is 0 Å². The minimum Gasteiger partial charge on any atom is -0.492 e. The van der Waals surface area contributed by atoms with Crippen molar-refractivity contribution in [2.24, 2.45) is 0 Å². The molecule has 2 aromatic heterocycles. The monoisotopic (exact) mass is 364 g/mol. The van der Waals surface area contributed by atoms with Gasteiger partial charge in [-0.05, 0) is 56.9 Å². The number of carbonyl (C=O) groups excluding carboxylic acids is 1. The molecule has 1 unspecified atom stereocenters. The molecule has 0 saturated carbocycles. The zero-order valence-electron chi connectivity index (χ0n) is 15.9. The average molecular weight is 364 g/mol. The van der Waals surface area contributed by atoms with E-state index in [1.54, 1.807) is 7.11 Å². The molecule has 0 bridgehead atoms. The Kier molecular flexibility index (Phi) is 4.60. The normalized spacial score (nSPS) is 16.4. The largest absolute Gasteiger partial charge is 0.492 e. The van der Waals surface area contributed by atoms with Gasteiger partial charge in [0.25, 0.3) is 5.91 Å². The standard InChI is InChI=1S/C22H24N2O3/c1-14(2)24(17-11-6-8-15-9-7-13-23-19(15)17)22(25)21-20(26-3)16-10-4-5-12-18(16)27-21/h4-5,7,9-10,12-14,17H,6,8,11H2,1-3H3. The van der Waals surface area contributed by atoms with Crippen molar-refractivity contribution in [2.75, 3.05) is 7.11 Å². The van der Waals surface area contributed by atoms with Crippen molar-refractivity contribution in [3.8, 4) is 5.75 Å². The lowest BCUT2D eigenvalue weighted by molar-refractivity contribution is 0.0541. The van der Waals surface area contributed by atoms with Crippen LogP contribution in [0, 0.1) is 0 Å². The van der Waals surface area contributed by atoms with Crippen molar-refractivity contribution < 1.29 is 13.9 Å². The number of pyridine rings is 1. The maximum atomic E-state index is 13.6. The molecular formula is C22H24N2O3. The Morgan fingerprint density at radius 3 is 2.85 bits per heavy atom. The number of benzene rings is 1. The number of aromatic nitrogens is 1. The fourth-order valence-corrected chi connectivity index (χ4v) is 4.07. The molecule has 0 radical (unpaired) electrons. The van der Waals surface area contributed by atoms with E-state index in [2.05, 4.69) is 11.1 Å². The van der Waals surface area contributed by atoms with Crippen LogP contribution in [0.2, 0.25) is 0 Å². The van der Waals surface area contributed by atoms with Gasteiger partial charge in [0.2, 0.25) is 5.76 Å². The van der Waals surface area contributed by atoms with Crippen molar-refractivity contribution >= 4 is 16.9 Å². The van der Waals surface area contributed by atoms with E-state index in [1.165, 1.54) is 5.56 Å². The smallest absolute Gasteiger partial charge is 0.294 e. The summed E-state index contributed by atoms with van der Waals surface area (Å²) in [7, 11) is 1.57. The van der Waals surface area contributed by atoms with Gasteiger partial charge in [-0.3, -0.25) is 9.78 Å². The number of amides is 1. The molecule has 0 spiro atoms. The lowest BCUT2D eigenvalue weighted by Gasteiger charge is -2.37. The molecule has 140 valence electrons. The second-order valence-electron chi connectivity index (χ2n) is 7.22. The van der Waals surface area contributed by atoms with Crippen LogP contribution in [0.3, 0.4) is 0 Å². The van der Waals surface area contributed by atoms with Gasteiger partial charge in [0.1, 0.15) is 5.58 Å². The summed E-state index contributed by atoms with van der Waals surface area (Å²) < 4.78 is 11.5. The van der Waals surface area contributed by atoms with E-state index in [0.29, 0.717) is 11.3 Å². The molecule has 1 aromatic carbocycles. The molecule has 1 aliphatic carbocycles. The Morgan fingerprint density at radius 1 is 1.26 bits per heavy atom. The SMILES string of the molecule is COc1c(C(=O)N(C(C)C)C2CCCc3cccnc32)oc2ccccc12. The maximum absolute atomic E-state index is 13.6. The molecule has 2 heterocycles. The highest BCUT2D eigenvalue weighted by Gasteiger charge is 2.36. The van der Waals surface area contributed by atoms with Crippen LogP contribution in [0.25, 0.3) is 11.0 Å². The Hall–Kier alpha value is -2.82. The minimum atomic E-state index is -0.151. The summed E-state index contributed by atoms with van der Waals surface area (Å²) >= 11 is 0. The molecule has 5 heteroatoms. The molecule has 0 fully saturated rings. The summed E-state index contributed by atoms with van der Waals surface area (Å²) in [6, 6.07) is 11.6.